The summed E-state index contributed by atoms with van der Waals surface area (Å²) >= 11 is 6.76. The first-order valence-corrected chi connectivity index (χ1v) is 14.0. The molecule has 139 valence electrons. The van der Waals surface area contributed by atoms with Crippen LogP contribution in [0.1, 0.15) is 6.42 Å². The molecule has 5 aromatic carbocycles. The Morgan fingerprint density at radius 2 is 1.38 bits per heavy atom. The standard InChI is InChI=1S/C25H18ClOSi2/c26-24-9-8-20-13-19-7-6-18-12-16-4-1-2-5-17(16)14-21(18)22(19)15-23(20)25(24)29-11-3-10-27-28-29/h1-2,4-9,12-15H,3,10-11H2. The van der Waals surface area contributed by atoms with Crippen LogP contribution in [0.2, 0.25) is 11.1 Å². The topological polar surface area (TPSA) is 9.23 Å². The highest BCUT2D eigenvalue weighted by molar-refractivity contribution is 7.18. The van der Waals surface area contributed by atoms with E-state index in [-0.39, 0.29) is 0 Å². The Balaban J connectivity index is 1.69. The first-order valence-electron chi connectivity index (χ1n) is 9.99. The molecule has 1 aliphatic rings. The Labute approximate surface area is 178 Å². The van der Waals surface area contributed by atoms with E-state index in [4.69, 9.17) is 16.0 Å². The van der Waals surface area contributed by atoms with Crippen LogP contribution in [0.5, 0.6) is 0 Å². The molecule has 0 spiro atoms. The van der Waals surface area contributed by atoms with Crippen LogP contribution in [0.3, 0.4) is 0 Å². The van der Waals surface area contributed by atoms with Gasteiger partial charge < -0.3 is 4.43 Å². The van der Waals surface area contributed by atoms with E-state index in [1.165, 1.54) is 54.3 Å². The van der Waals surface area contributed by atoms with Crippen molar-refractivity contribution in [3.8, 4) is 0 Å². The predicted octanol–water partition coefficient (Wildman–Crippen LogP) is 6.19. The summed E-state index contributed by atoms with van der Waals surface area (Å²) in [6.07, 6.45) is 1.15. The number of fused-ring (bicyclic) bond motifs is 5. The van der Waals surface area contributed by atoms with Crippen LogP contribution in [-0.2, 0) is 4.43 Å². The maximum absolute atomic E-state index is 6.76. The van der Waals surface area contributed by atoms with E-state index >= 15 is 0 Å². The van der Waals surface area contributed by atoms with Crippen molar-refractivity contribution in [1.82, 2.24) is 0 Å². The molecule has 29 heavy (non-hydrogen) atoms. The Bertz CT molecular complexity index is 1410. The van der Waals surface area contributed by atoms with E-state index in [1.807, 2.05) is 0 Å². The number of rotatable bonds is 1. The van der Waals surface area contributed by atoms with Gasteiger partial charge in [-0.25, -0.2) is 0 Å². The molecule has 1 aliphatic heterocycles. The molecule has 0 unspecified atom stereocenters. The van der Waals surface area contributed by atoms with Gasteiger partial charge in [0.1, 0.15) is 8.31 Å². The van der Waals surface area contributed by atoms with Crippen molar-refractivity contribution in [1.29, 1.82) is 0 Å². The zero-order valence-electron chi connectivity index (χ0n) is 15.8. The Morgan fingerprint density at radius 3 is 2.14 bits per heavy atom. The SMILES string of the molecule is Clc1ccc2cc3ccc4cc5ccccc5cc4c3cc2c1[Si]1CCCO[Si]1. The molecule has 4 heteroatoms. The fourth-order valence-corrected chi connectivity index (χ4v) is 10.3. The fraction of sp³-hybridized carbons (Fsp3) is 0.120. The Kier molecular flexibility index (Phi) is 4.24. The first kappa shape index (κ1) is 17.7. The molecule has 0 N–H and O–H groups in total. The van der Waals surface area contributed by atoms with Crippen LogP contribution in [0.15, 0.2) is 72.8 Å². The van der Waals surface area contributed by atoms with Crippen molar-refractivity contribution in [2.45, 2.75) is 12.5 Å². The first-order chi connectivity index (χ1) is 14.3. The average molecular weight is 426 g/mol. The highest BCUT2D eigenvalue weighted by Crippen LogP contribution is 2.33. The number of halogens is 1. The minimum Gasteiger partial charge on any atom is -0.421 e. The summed E-state index contributed by atoms with van der Waals surface area (Å²) in [5, 5.41) is 12.6. The molecule has 3 radical (unpaired) electrons. The quantitative estimate of drug-likeness (QED) is 0.177. The lowest BCUT2D eigenvalue weighted by atomic mass is 9.96. The van der Waals surface area contributed by atoms with E-state index in [0.717, 1.165) is 18.1 Å². The number of benzene rings is 5. The number of hydrogen-bond donors (Lipinski definition) is 0. The van der Waals surface area contributed by atoms with Gasteiger partial charge in [-0.1, -0.05) is 60.1 Å². The number of hydrogen-bond acceptors (Lipinski definition) is 1. The lowest BCUT2D eigenvalue weighted by Gasteiger charge is -2.22. The molecule has 1 nitrogen and oxygen atoms in total. The molecule has 0 atom stereocenters. The van der Waals surface area contributed by atoms with Crippen LogP contribution in [0.25, 0.3) is 43.1 Å². The highest BCUT2D eigenvalue weighted by Gasteiger charge is 2.25. The molecular formula is C25H18ClOSi2. The van der Waals surface area contributed by atoms with Crippen molar-refractivity contribution in [2.75, 3.05) is 6.61 Å². The second-order valence-electron chi connectivity index (χ2n) is 7.74. The third-order valence-electron chi connectivity index (χ3n) is 5.96. The van der Waals surface area contributed by atoms with Crippen LogP contribution < -0.4 is 5.19 Å². The third-order valence-corrected chi connectivity index (χ3v) is 11.7. The average Bonchev–Trinajstić information content (AvgIpc) is 2.77. The summed E-state index contributed by atoms with van der Waals surface area (Å²) in [6.45, 7) is 0.898. The summed E-state index contributed by atoms with van der Waals surface area (Å²) in [6, 6.07) is 27.9. The fourth-order valence-electron chi connectivity index (χ4n) is 4.54. The minimum atomic E-state index is -0.762. The van der Waals surface area contributed by atoms with Gasteiger partial charge in [0.05, 0.1) is 0 Å². The van der Waals surface area contributed by atoms with Crippen LogP contribution in [0.4, 0.5) is 0 Å². The van der Waals surface area contributed by atoms with Gasteiger partial charge >= 0.3 is 0 Å². The van der Waals surface area contributed by atoms with E-state index < -0.39 is 8.31 Å². The second kappa shape index (κ2) is 6.96. The van der Waals surface area contributed by atoms with Gasteiger partial charge in [0.15, 0.2) is 0 Å². The van der Waals surface area contributed by atoms with Gasteiger partial charge in [-0.05, 0) is 85.0 Å². The van der Waals surface area contributed by atoms with E-state index in [9.17, 15) is 0 Å². The van der Waals surface area contributed by atoms with Crippen LogP contribution in [0, 0.1) is 0 Å². The summed E-state index contributed by atoms with van der Waals surface area (Å²) in [5.74, 6) is 0. The molecule has 6 rings (SSSR count). The molecule has 1 heterocycles. The van der Waals surface area contributed by atoms with E-state index in [2.05, 4.69) is 72.8 Å². The zero-order valence-corrected chi connectivity index (χ0v) is 18.6. The maximum Gasteiger partial charge on any atom is 0.215 e. The molecule has 0 bridgehead atoms. The summed E-state index contributed by atoms with van der Waals surface area (Å²) in [5.41, 5.74) is 0. The molecule has 5 aromatic rings. The summed E-state index contributed by atoms with van der Waals surface area (Å²) < 4.78 is 5.86. The van der Waals surface area contributed by atoms with Crippen molar-refractivity contribution in [2.24, 2.45) is 0 Å². The van der Waals surface area contributed by atoms with Gasteiger partial charge in [-0.3, -0.25) is 0 Å². The van der Waals surface area contributed by atoms with Crippen molar-refractivity contribution in [3.05, 3.63) is 77.8 Å². The van der Waals surface area contributed by atoms with E-state index in [0.29, 0.717) is 9.28 Å². The van der Waals surface area contributed by atoms with Gasteiger partial charge in [-0.15, -0.1) is 0 Å². The maximum atomic E-state index is 6.76. The minimum absolute atomic E-state index is 0.593. The zero-order chi connectivity index (χ0) is 19.4. The van der Waals surface area contributed by atoms with Crippen molar-refractivity contribution in [3.63, 3.8) is 0 Å². The lowest BCUT2D eigenvalue weighted by Crippen LogP contribution is -2.42. The molecule has 1 fully saturated rings. The molecule has 0 aliphatic carbocycles. The monoisotopic (exact) mass is 425 g/mol. The molecule has 0 amide bonds. The Morgan fingerprint density at radius 1 is 0.724 bits per heavy atom. The van der Waals surface area contributed by atoms with Gasteiger partial charge in [0.2, 0.25) is 9.28 Å². The van der Waals surface area contributed by atoms with Crippen LogP contribution >= 0.6 is 11.6 Å². The highest BCUT2D eigenvalue weighted by atomic mass is 35.5. The van der Waals surface area contributed by atoms with Crippen molar-refractivity contribution < 1.29 is 4.43 Å². The summed E-state index contributed by atoms with van der Waals surface area (Å²) in [4.78, 5) is 0. The molecule has 1 saturated heterocycles. The summed E-state index contributed by atoms with van der Waals surface area (Å²) in [7, 11) is -0.169. The Hall–Kier alpha value is -2.18. The molecule has 0 saturated carbocycles. The van der Waals surface area contributed by atoms with Gasteiger partial charge in [0, 0.05) is 11.6 Å². The smallest absolute Gasteiger partial charge is 0.215 e. The second-order valence-corrected chi connectivity index (χ2v) is 13.0. The van der Waals surface area contributed by atoms with E-state index in [1.54, 1.807) is 0 Å². The van der Waals surface area contributed by atoms with Gasteiger partial charge in [0.25, 0.3) is 0 Å². The van der Waals surface area contributed by atoms with Gasteiger partial charge in [-0.2, -0.15) is 0 Å². The largest absolute Gasteiger partial charge is 0.421 e. The normalized spacial score (nSPS) is 15.6. The molecule has 0 aromatic heterocycles. The predicted molar refractivity (Wildman–Crippen MR) is 128 cm³/mol. The molecular weight excluding hydrogens is 408 g/mol. The lowest BCUT2D eigenvalue weighted by molar-refractivity contribution is 0.336. The van der Waals surface area contributed by atoms with Crippen LogP contribution in [-0.4, -0.2) is 24.2 Å². The third kappa shape index (κ3) is 2.92. The van der Waals surface area contributed by atoms with Crippen molar-refractivity contribution >= 4 is 77.5 Å².